The SMILES string of the molecule is CC1CCC(C)N1Cc1ccc2cc(OCCCCCc3ccccc3)ccc2c1. The third-order valence-electron chi connectivity index (χ3n) is 6.60. The molecular formula is C28H35NO. The van der Waals surface area contributed by atoms with Crippen molar-refractivity contribution < 1.29 is 4.74 Å². The van der Waals surface area contributed by atoms with E-state index < -0.39 is 0 Å². The zero-order valence-corrected chi connectivity index (χ0v) is 18.5. The first-order valence-corrected chi connectivity index (χ1v) is 11.6. The van der Waals surface area contributed by atoms with Crippen LogP contribution in [-0.2, 0) is 13.0 Å². The zero-order chi connectivity index (χ0) is 20.8. The number of benzene rings is 3. The molecule has 0 bridgehead atoms. The fraction of sp³-hybridized carbons (Fsp3) is 0.429. The number of hydrogen-bond acceptors (Lipinski definition) is 2. The molecule has 2 unspecified atom stereocenters. The summed E-state index contributed by atoms with van der Waals surface area (Å²) in [6, 6.07) is 25.5. The molecular weight excluding hydrogens is 366 g/mol. The van der Waals surface area contributed by atoms with Gasteiger partial charge in [-0.15, -0.1) is 0 Å². The Balaban J connectivity index is 1.25. The average Bonchev–Trinajstić information content (AvgIpc) is 3.09. The maximum atomic E-state index is 6.02. The van der Waals surface area contributed by atoms with Crippen molar-refractivity contribution in [2.24, 2.45) is 0 Å². The second kappa shape index (κ2) is 10.1. The molecule has 0 spiro atoms. The highest BCUT2D eigenvalue weighted by Gasteiger charge is 2.26. The Morgan fingerprint density at radius 3 is 2.30 bits per heavy atom. The highest BCUT2D eigenvalue weighted by molar-refractivity contribution is 5.84. The van der Waals surface area contributed by atoms with Crippen molar-refractivity contribution in [2.45, 2.75) is 71.0 Å². The molecule has 1 heterocycles. The molecule has 4 rings (SSSR count). The highest BCUT2D eigenvalue weighted by atomic mass is 16.5. The molecule has 0 radical (unpaired) electrons. The van der Waals surface area contributed by atoms with Gasteiger partial charge in [-0.25, -0.2) is 0 Å². The van der Waals surface area contributed by atoms with Gasteiger partial charge in [0.2, 0.25) is 0 Å². The van der Waals surface area contributed by atoms with Crippen LogP contribution in [0.1, 0.15) is 57.1 Å². The number of hydrogen-bond donors (Lipinski definition) is 0. The summed E-state index contributed by atoms with van der Waals surface area (Å²) in [6.07, 6.45) is 7.34. The molecule has 3 aromatic rings. The van der Waals surface area contributed by atoms with Crippen LogP contribution in [0.3, 0.4) is 0 Å². The van der Waals surface area contributed by atoms with Gasteiger partial charge < -0.3 is 4.74 Å². The van der Waals surface area contributed by atoms with Crippen molar-refractivity contribution in [1.82, 2.24) is 4.90 Å². The summed E-state index contributed by atoms with van der Waals surface area (Å²) in [4.78, 5) is 2.64. The minimum absolute atomic E-state index is 0.694. The van der Waals surface area contributed by atoms with Gasteiger partial charge in [-0.1, -0.05) is 48.5 Å². The molecule has 1 saturated heterocycles. The number of rotatable bonds is 9. The van der Waals surface area contributed by atoms with Crippen molar-refractivity contribution in [3.05, 3.63) is 77.9 Å². The summed E-state index contributed by atoms with van der Waals surface area (Å²) in [6.45, 7) is 6.56. The van der Waals surface area contributed by atoms with E-state index in [2.05, 4.69) is 85.5 Å². The van der Waals surface area contributed by atoms with Crippen LogP contribution < -0.4 is 4.74 Å². The highest BCUT2D eigenvalue weighted by Crippen LogP contribution is 2.27. The first-order valence-electron chi connectivity index (χ1n) is 11.6. The standard InChI is InChI=1S/C28H35NO/c1-22-12-13-23(2)29(22)21-25-14-15-27-20-28(17-16-26(27)19-25)30-18-8-4-7-11-24-9-5-3-6-10-24/h3,5-6,9-10,14-17,19-20,22-23H,4,7-8,11-13,18,21H2,1-2H3. The lowest BCUT2D eigenvalue weighted by atomic mass is 10.1. The minimum atomic E-state index is 0.694. The first kappa shape index (κ1) is 20.9. The molecule has 2 nitrogen and oxygen atoms in total. The Morgan fingerprint density at radius 2 is 1.50 bits per heavy atom. The van der Waals surface area contributed by atoms with Crippen molar-refractivity contribution >= 4 is 10.8 Å². The van der Waals surface area contributed by atoms with Crippen LogP contribution in [0.25, 0.3) is 10.8 Å². The van der Waals surface area contributed by atoms with E-state index in [1.807, 2.05) is 0 Å². The number of ether oxygens (including phenoxy) is 1. The van der Waals surface area contributed by atoms with E-state index in [9.17, 15) is 0 Å². The Hall–Kier alpha value is -2.32. The largest absolute Gasteiger partial charge is 0.494 e. The summed E-state index contributed by atoms with van der Waals surface area (Å²) in [7, 11) is 0. The van der Waals surface area contributed by atoms with Crippen molar-refractivity contribution in [3.8, 4) is 5.75 Å². The summed E-state index contributed by atoms with van der Waals surface area (Å²) in [5.41, 5.74) is 2.84. The van der Waals surface area contributed by atoms with Gasteiger partial charge in [0, 0.05) is 18.6 Å². The predicted octanol–water partition coefficient (Wildman–Crippen LogP) is 7.00. The van der Waals surface area contributed by atoms with Gasteiger partial charge in [-0.05, 0) is 92.5 Å². The number of nitrogens with zero attached hydrogens (tertiary/aromatic N) is 1. The molecule has 1 fully saturated rings. The fourth-order valence-electron chi connectivity index (χ4n) is 4.68. The van der Waals surface area contributed by atoms with Gasteiger partial charge in [0.1, 0.15) is 5.75 Å². The topological polar surface area (TPSA) is 12.5 Å². The van der Waals surface area contributed by atoms with Gasteiger partial charge in [-0.2, -0.15) is 0 Å². The third-order valence-corrected chi connectivity index (χ3v) is 6.60. The van der Waals surface area contributed by atoms with E-state index in [0.29, 0.717) is 12.1 Å². The van der Waals surface area contributed by atoms with Crippen molar-refractivity contribution in [1.29, 1.82) is 0 Å². The maximum absolute atomic E-state index is 6.02. The third kappa shape index (κ3) is 5.43. The van der Waals surface area contributed by atoms with E-state index in [1.165, 1.54) is 47.6 Å². The molecule has 1 aliphatic heterocycles. The molecule has 1 aliphatic rings. The Morgan fingerprint density at radius 1 is 0.767 bits per heavy atom. The molecule has 0 N–H and O–H groups in total. The lowest BCUT2D eigenvalue weighted by Crippen LogP contribution is -2.31. The first-order chi connectivity index (χ1) is 14.7. The minimum Gasteiger partial charge on any atom is -0.494 e. The molecule has 0 aromatic heterocycles. The molecule has 3 aromatic carbocycles. The molecule has 158 valence electrons. The van der Waals surface area contributed by atoms with Gasteiger partial charge in [-0.3, -0.25) is 4.90 Å². The van der Waals surface area contributed by atoms with Gasteiger partial charge >= 0.3 is 0 Å². The molecule has 2 atom stereocenters. The Labute approximate surface area is 181 Å². The van der Waals surface area contributed by atoms with Gasteiger partial charge in [0.25, 0.3) is 0 Å². The summed E-state index contributed by atoms with van der Waals surface area (Å²) >= 11 is 0. The number of aryl methyl sites for hydroxylation is 1. The molecule has 30 heavy (non-hydrogen) atoms. The second-order valence-corrected chi connectivity index (χ2v) is 8.94. The molecule has 0 amide bonds. The van der Waals surface area contributed by atoms with E-state index in [4.69, 9.17) is 4.74 Å². The lowest BCUT2D eigenvalue weighted by Gasteiger charge is -2.26. The zero-order valence-electron chi connectivity index (χ0n) is 18.5. The van der Waals surface area contributed by atoms with Gasteiger partial charge in [0.05, 0.1) is 6.61 Å². The summed E-state index contributed by atoms with van der Waals surface area (Å²) in [5, 5.41) is 2.57. The van der Waals surface area contributed by atoms with E-state index >= 15 is 0 Å². The van der Waals surface area contributed by atoms with Crippen LogP contribution in [0.5, 0.6) is 5.75 Å². The van der Waals surface area contributed by atoms with Gasteiger partial charge in [0.15, 0.2) is 0 Å². The number of likely N-dealkylation sites (tertiary alicyclic amines) is 1. The van der Waals surface area contributed by atoms with Crippen LogP contribution in [0.2, 0.25) is 0 Å². The molecule has 2 heteroatoms. The molecule has 0 saturated carbocycles. The molecule has 0 aliphatic carbocycles. The second-order valence-electron chi connectivity index (χ2n) is 8.94. The summed E-state index contributed by atoms with van der Waals surface area (Å²) < 4.78 is 6.02. The predicted molar refractivity (Wildman–Crippen MR) is 127 cm³/mol. The van der Waals surface area contributed by atoms with Crippen LogP contribution in [-0.4, -0.2) is 23.6 Å². The number of unbranched alkanes of at least 4 members (excludes halogenated alkanes) is 2. The Bertz CT molecular complexity index is 926. The van der Waals surface area contributed by atoms with Crippen molar-refractivity contribution in [3.63, 3.8) is 0 Å². The van der Waals surface area contributed by atoms with Crippen LogP contribution >= 0.6 is 0 Å². The maximum Gasteiger partial charge on any atom is 0.119 e. The van der Waals surface area contributed by atoms with Crippen LogP contribution in [0, 0.1) is 0 Å². The van der Waals surface area contributed by atoms with Crippen LogP contribution in [0.4, 0.5) is 0 Å². The van der Waals surface area contributed by atoms with E-state index in [-0.39, 0.29) is 0 Å². The lowest BCUT2D eigenvalue weighted by molar-refractivity contribution is 0.205. The van der Waals surface area contributed by atoms with Crippen molar-refractivity contribution in [2.75, 3.05) is 6.61 Å². The number of fused-ring (bicyclic) bond motifs is 1. The summed E-state index contributed by atoms with van der Waals surface area (Å²) in [5.74, 6) is 0.986. The monoisotopic (exact) mass is 401 g/mol. The normalized spacial score (nSPS) is 19.4. The Kier molecular flexibility index (Phi) is 7.07. The smallest absolute Gasteiger partial charge is 0.119 e. The van der Waals surface area contributed by atoms with Crippen LogP contribution in [0.15, 0.2) is 66.7 Å². The fourth-order valence-corrected chi connectivity index (χ4v) is 4.68. The quantitative estimate of drug-likeness (QED) is 0.358. The van der Waals surface area contributed by atoms with E-state index in [1.54, 1.807) is 0 Å². The van der Waals surface area contributed by atoms with E-state index in [0.717, 1.165) is 31.7 Å². The average molecular weight is 402 g/mol.